The molecular weight excluding hydrogens is 316 g/mol. The highest BCUT2D eigenvalue weighted by atomic mass is 16.5. The van der Waals surface area contributed by atoms with Crippen LogP contribution in [0, 0.1) is 6.92 Å². The number of benzene rings is 2. The van der Waals surface area contributed by atoms with Crippen LogP contribution in [0.15, 0.2) is 53.5 Å². The first kappa shape index (κ1) is 16.8. The molecule has 0 spiro atoms. The number of amides is 1. The zero-order valence-corrected chi connectivity index (χ0v) is 14.4. The number of aromatic nitrogens is 1. The fraction of sp³-hybridized carbons (Fsp3) is 0.200. The molecule has 128 valence electrons. The minimum Gasteiger partial charge on any atom is -0.481 e. The van der Waals surface area contributed by atoms with E-state index in [4.69, 9.17) is 4.74 Å². The van der Waals surface area contributed by atoms with Crippen LogP contribution in [0.1, 0.15) is 12.5 Å². The van der Waals surface area contributed by atoms with Crippen LogP contribution in [0.3, 0.4) is 0 Å². The number of carbonyl (C=O) groups is 1. The van der Waals surface area contributed by atoms with Crippen LogP contribution < -0.4 is 15.6 Å². The van der Waals surface area contributed by atoms with Crippen LogP contribution in [0.25, 0.3) is 21.9 Å². The van der Waals surface area contributed by atoms with E-state index in [-0.39, 0.29) is 11.5 Å². The van der Waals surface area contributed by atoms with Crippen LogP contribution >= 0.6 is 0 Å². The summed E-state index contributed by atoms with van der Waals surface area (Å²) in [5.41, 5.74) is 2.96. The Hall–Kier alpha value is -3.08. The Balaban J connectivity index is 2.10. The Morgan fingerprint density at radius 3 is 2.60 bits per heavy atom. The third-order valence-corrected chi connectivity index (χ3v) is 4.24. The fourth-order valence-corrected chi connectivity index (χ4v) is 2.87. The fourth-order valence-electron chi connectivity index (χ4n) is 2.87. The molecule has 3 rings (SSSR count). The number of rotatable bonds is 4. The van der Waals surface area contributed by atoms with Gasteiger partial charge in [0.25, 0.3) is 11.5 Å². The summed E-state index contributed by atoms with van der Waals surface area (Å²) >= 11 is 0. The van der Waals surface area contributed by atoms with Gasteiger partial charge in [0.2, 0.25) is 0 Å². The summed E-state index contributed by atoms with van der Waals surface area (Å²) in [6.07, 6.45) is 1.10. The van der Waals surface area contributed by atoms with Crippen LogP contribution in [0.5, 0.6) is 5.75 Å². The molecule has 2 N–H and O–H groups in total. The molecule has 0 saturated carbocycles. The van der Waals surface area contributed by atoms with Gasteiger partial charge in [-0.05, 0) is 48.6 Å². The number of nitrogens with one attached hydrogen (secondary N) is 2. The van der Waals surface area contributed by atoms with Crippen LogP contribution in [-0.4, -0.2) is 24.0 Å². The zero-order chi connectivity index (χ0) is 18.0. The Bertz CT molecular complexity index is 992. The maximum atomic E-state index is 12.3. The molecule has 0 radical (unpaired) electrons. The van der Waals surface area contributed by atoms with E-state index in [1.54, 1.807) is 32.3 Å². The van der Waals surface area contributed by atoms with Crippen LogP contribution in [0.2, 0.25) is 0 Å². The molecule has 5 nitrogen and oxygen atoms in total. The molecule has 0 bridgehead atoms. The SMILES string of the molecule is CNC(=O)C(C)Oc1ccc2c(-c3ccccc3C)c[nH]c(=O)c2c1. The van der Waals surface area contributed by atoms with E-state index in [0.29, 0.717) is 11.1 Å². The van der Waals surface area contributed by atoms with E-state index in [1.165, 1.54) is 0 Å². The summed E-state index contributed by atoms with van der Waals surface area (Å²) in [4.78, 5) is 26.7. The molecule has 1 heterocycles. The summed E-state index contributed by atoms with van der Waals surface area (Å²) in [6.45, 7) is 3.70. The van der Waals surface area contributed by atoms with Gasteiger partial charge in [0, 0.05) is 18.8 Å². The molecule has 0 fully saturated rings. The Morgan fingerprint density at radius 2 is 1.88 bits per heavy atom. The number of aryl methyl sites for hydroxylation is 1. The van der Waals surface area contributed by atoms with Crippen molar-refractivity contribution in [2.45, 2.75) is 20.0 Å². The average molecular weight is 336 g/mol. The van der Waals surface area contributed by atoms with E-state index >= 15 is 0 Å². The van der Waals surface area contributed by atoms with Gasteiger partial charge in [-0.15, -0.1) is 0 Å². The molecule has 1 atom stereocenters. The normalized spacial score (nSPS) is 12.0. The highest BCUT2D eigenvalue weighted by Crippen LogP contribution is 2.30. The van der Waals surface area contributed by atoms with Crippen molar-refractivity contribution in [3.05, 3.63) is 64.6 Å². The van der Waals surface area contributed by atoms with Gasteiger partial charge < -0.3 is 15.0 Å². The van der Waals surface area contributed by atoms with Crippen molar-refractivity contribution in [2.75, 3.05) is 7.05 Å². The Labute approximate surface area is 145 Å². The van der Waals surface area contributed by atoms with E-state index in [2.05, 4.69) is 10.3 Å². The maximum absolute atomic E-state index is 12.3. The first-order valence-electron chi connectivity index (χ1n) is 8.11. The van der Waals surface area contributed by atoms with Crippen molar-refractivity contribution in [3.8, 4) is 16.9 Å². The third kappa shape index (κ3) is 3.26. The number of likely N-dealkylation sites (N-methyl/N-ethyl adjacent to an activating group) is 1. The van der Waals surface area contributed by atoms with Gasteiger partial charge in [-0.25, -0.2) is 0 Å². The van der Waals surface area contributed by atoms with Gasteiger partial charge in [-0.2, -0.15) is 0 Å². The topological polar surface area (TPSA) is 71.2 Å². The lowest BCUT2D eigenvalue weighted by atomic mass is 9.97. The van der Waals surface area contributed by atoms with Crippen molar-refractivity contribution in [1.29, 1.82) is 0 Å². The molecule has 1 unspecified atom stereocenters. The van der Waals surface area contributed by atoms with Gasteiger partial charge in [0.1, 0.15) is 5.75 Å². The van der Waals surface area contributed by atoms with Gasteiger partial charge >= 0.3 is 0 Å². The van der Waals surface area contributed by atoms with Crippen molar-refractivity contribution < 1.29 is 9.53 Å². The number of ether oxygens (including phenoxy) is 1. The number of hydrogen-bond donors (Lipinski definition) is 2. The van der Waals surface area contributed by atoms with Gasteiger partial charge in [-0.1, -0.05) is 24.3 Å². The predicted octanol–water partition coefficient (Wildman–Crippen LogP) is 3.02. The minimum atomic E-state index is -0.638. The summed E-state index contributed by atoms with van der Waals surface area (Å²) in [5, 5.41) is 3.91. The van der Waals surface area contributed by atoms with Crippen molar-refractivity contribution in [3.63, 3.8) is 0 Å². The van der Waals surface area contributed by atoms with Gasteiger partial charge in [0.15, 0.2) is 6.10 Å². The molecule has 2 aromatic carbocycles. The second kappa shape index (κ2) is 6.81. The van der Waals surface area contributed by atoms with Crippen molar-refractivity contribution >= 4 is 16.7 Å². The monoisotopic (exact) mass is 336 g/mol. The summed E-state index contributed by atoms with van der Waals surface area (Å²) < 4.78 is 5.63. The quantitative estimate of drug-likeness (QED) is 0.769. The molecule has 0 aliphatic carbocycles. The maximum Gasteiger partial charge on any atom is 0.260 e. The van der Waals surface area contributed by atoms with Crippen LogP contribution in [0.4, 0.5) is 0 Å². The van der Waals surface area contributed by atoms with Gasteiger partial charge in [-0.3, -0.25) is 9.59 Å². The Morgan fingerprint density at radius 1 is 1.12 bits per heavy atom. The third-order valence-electron chi connectivity index (χ3n) is 4.24. The van der Waals surface area contributed by atoms with Crippen molar-refractivity contribution in [1.82, 2.24) is 10.3 Å². The average Bonchev–Trinajstić information content (AvgIpc) is 2.62. The first-order valence-corrected chi connectivity index (χ1v) is 8.11. The first-order chi connectivity index (χ1) is 12.0. The molecule has 3 aromatic rings. The largest absolute Gasteiger partial charge is 0.481 e. The number of fused-ring (bicyclic) bond motifs is 1. The molecule has 1 aromatic heterocycles. The van der Waals surface area contributed by atoms with Crippen molar-refractivity contribution in [2.24, 2.45) is 0 Å². The van der Waals surface area contributed by atoms with Gasteiger partial charge in [0.05, 0.1) is 5.39 Å². The summed E-state index contributed by atoms with van der Waals surface area (Å²) in [6, 6.07) is 13.3. The molecule has 25 heavy (non-hydrogen) atoms. The number of pyridine rings is 1. The minimum absolute atomic E-state index is 0.189. The van der Waals surface area contributed by atoms with Crippen LogP contribution in [-0.2, 0) is 4.79 Å². The highest BCUT2D eigenvalue weighted by molar-refractivity contribution is 5.97. The highest BCUT2D eigenvalue weighted by Gasteiger charge is 2.14. The van der Waals surface area contributed by atoms with E-state index in [1.807, 2.05) is 37.3 Å². The smallest absolute Gasteiger partial charge is 0.260 e. The molecule has 5 heteroatoms. The molecule has 0 aliphatic rings. The van der Waals surface area contributed by atoms with E-state index < -0.39 is 6.10 Å². The predicted molar refractivity (Wildman–Crippen MR) is 98.9 cm³/mol. The lowest BCUT2D eigenvalue weighted by molar-refractivity contribution is -0.126. The standard InChI is InChI=1S/C20H20N2O3/c1-12-6-4-5-7-15(12)18-11-22-20(24)17-10-14(8-9-16(17)18)25-13(2)19(23)21-3/h4-11,13H,1-3H3,(H,21,23)(H,22,24). The molecule has 0 saturated heterocycles. The molecule has 1 amide bonds. The van der Waals surface area contributed by atoms with E-state index in [0.717, 1.165) is 22.1 Å². The molecule has 0 aliphatic heterocycles. The lowest BCUT2D eigenvalue weighted by Gasteiger charge is -2.14. The summed E-state index contributed by atoms with van der Waals surface area (Å²) in [5.74, 6) is 0.263. The second-order valence-corrected chi connectivity index (χ2v) is 5.93. The zero-order valence-electron chi connectivity index (χ0n) is 14.4. The Kier molecular flexibility index (Phi) is 4.57. The number of hydrogen-bond acceptors (Lipinski definition) is 3. The second-order valence-electron chi connectivity index (χ2n) is 5.93. The number of aromatic amines is 1. The number of carbonyl (C=O) groups excluding carboxylic acids is 1. The van der Waals surface area contributed by atoms with E-state index in [9.17, 15) is 9.59 Å². The number of H-pyrrole nitrogens is 1. The summed E-state index contributed by atoms with van der Waals surface area (Å²) in [7, 11) is 1.56. The molecular formula is C20H20N2O3. The lowest BCUT2D eigenvalue weighted by Crippen LogP contribution is -2.33.